The van der Waals surface area contributed by atoms with Gasteiger partial charge in [0.1, 0.15) is 11.6 Å². The smallest absolute Gasteiger partial charge is 0.131 e. The van der Waals surface area contributed by atoms with Crippen molar-refractivity contribution in [3.63, 3.8) is 0 Å². The minimum Gasteiger partial charge on any atom is -0.388 e. The number of anilines is 1. The van der Waals surface area contributed by atoms with E-state index in [2.05, 4.69) is 0 Å². The summed E-state index contributed by atoms with van der Waals surface area (Å²) in [5, 5.41) is 7.33. The van der Waals surface area contributed by atoms with Crippen molar-refractivity contribution in [2.45, 2.75) is 13.0 Å². The summed E-state index contributed by atoms with van der Waals surface area (Å²) in [4.78, 5) is 1.91. The number of hydrogen-bond acceptors (Lipinski definition) is 2. The van der Waals surface area contributed by atoms with E-state index in [9.17, 15) is 8.78 Å². The zero-order chi connectivity index (χ0) is 15.2. The van der Waals surface area contributed by atoms with E-state index in [4.69, 9.17) is 11.1 Å². The monoisotopic (exact) mass is 289 g/mol. The first kappa shape index (κ1) is 15.0. The summed E-state index contributed by atoms with van der Waals surface area (Å²) in [5.74, 6) is -1.08. The van der Waals surface area contributed by atoms with E-state index >= 15 is 0 Å². The summed E-state index contributed by atoms with van der Waals surface area (Å²) in [5.41, 5.74) is 6.71. The van der Waals surface area contributed by atoms with Gasteiger partial charge in [0.15, 0.2) is 0 Å². The largest absolute Gasteiger partial charge is 0.388 e. The molecule has 0 radical (unpaired) electrons. The van der Waals surface area contributed by atoms with Gasteiger partial charge in [-0.1, -0.05) is 24.3 Å². The number of benzene rings is 2. The molecule has 0 heterocycles. The number of nitrogens with two attached hydrogens (primary N) is 1. The second-order valence-electron chi connectivity index (χ2n) is 4.77. The van der Waals surface area contributed by atoms with E-state index in [1.54, 1.807) is 0 Å². The molecule has 0 bridgehead atoms. The quantitative estimate of drug-likeness (QED) is 0.633. The molecule has 0 amide bonds. The molecule has 0 saturated carbocycles. The van der Waals surface area contributed by atoms with Gasteiger partial charge in [0.25, 0.3) is 0 Å². The molecule has 21 heavy (non-hydrogen) atoms. The minimum atomic E-state index is -0.591. The fourth-order valence-electron chi connectivity index (χ4n) is 2.05. The number of para-hydroxylation sites is 1. The summed E-state index contributed by atoms with van der Waals surface area (Å²) in [6, 6.07) is 13.0. The van der Waals surface area contributed by atoms with Crippen molar-refractivity contribution in [1.29, 1.82) is 5.41 Å². The number of amidine groups is 1. The standard InChI is InChI=1S/C16H17F2N3/c17-13-7-6-12(15(18)10-13)11-21(9-8-16(19)20)14-4-2-1-3-5-14/h1-7,10H,8-9,11H2,(H3,19,20). The summed E-state index contributed by atoms with van der Waals surface area (Å²) in [7, 11) is 0. The first-order valence-corrected chi connectivity index (χ1v) is 6.63. The molecular weight excluding hydrogens is 272 g/mol. The van der Waals surface area contributed by atoms with Gasteiger partial charge in [-0.2, -0.15) is 0 Å². The number of rotatable bonds is 6. The van der Waals surface area contributed by atoms with E-state index in [1.165, 1.54) is 12.1 Å². The van der Waals surface area contributed by atoms with E-state index in [-0.39, 0.29) is 5.84 Å². The van der Waals surface area contributed by atoms with Crippen LogP contribution in [0, 0.1) is 17.0 Å². The van der Waals surface area contributed by atoms with Crippen LogP contribution in [0.15, 0.2) is 48.5 Å². The van der Waals surface area contributed by atoms with Crippen molar-refractivity contribution in [1.82, 2.24) is 0 Å². The predicted molar refractivity (Wildman–Crippen MR) is 80.4 cm³/mol. The van der Waals surface area contributed by atoms with Gasteiger partial charge in [-0.25, -0.2) is 8.78 Å². The molecule has 0 unspecified atom stereocenters. The van der Waals surface area contributed by atoms with E-state index < -0.39 is 11.6 Å². The summed E-state index contributed by atoms with van der Waals surface area (Å²) < 4.78 is 26.8. The Morgan fingerprint density at radius 1 is 1.10 bits per heavy atom. The van der Waals surface area contributed by atoms with Crippen LogP contribution in [0.3, 0.4) is 0 Å². The molecule has 2 rings (SSSR count). The lowest BCUT2D eigenvalue weighted by molar-refractivity contribution is 0.569. The first-order chi connectivity index (χ1) is 10.1. The average Bonchev–Trinajstić information content (AvgIpc) is 2.46. The molecule has 0 fully saturated rings. The maximum atomic E-state index is 13.8. The van der Waals surface area contributed by atoms with Crippen LogP contribution in [0.5, 0.6) is 0 Å². The molecule has 5 heteroatoms. The van der Waals surface area contributed by atoms with Crippen LogP contribution >= 0.6 is 0 Å². The summed E-state index contributed by atoms with van der Waals surface area (Å²) in [6.45, 7) is 0.791. The van der Waals surface area contributed by atoms with Gasteiger partial charge < -0.3 is 10.6 Å². The number of nitrogens with zero attached hydrogens (tertiary/aromatic N) is 1. The molecule has 0 aromatic heterocycles. The Morgan fingerprint density at radius 2 is 1.81 bits per heavy atom. The van der Waals surface area contributed by atoms with Crippen LogP contribution in [-0.2, 0) is 6.54 Å². The molecule has 0 spiro atoms. The highest BCUT2D eigenvalue weighted by atomic mass is 19.1. The minimum absolute atomic E-state index is 0.0792. The molecule has 0 aliphatic rings. The lowest BCUT2D eigenvalue weighted by atomic mass is 10.1. The van der Waals surface area contributed by atoms with Crippen LogP contribution in [0.2, 0.25) is 0 Å². The van der Waals surface area contributed by atoms with Crippen molar-refractivity contribution in [2.24, 2.45) is 5.73 Å². The number of nitrogens with one attached hydrogen (secondary N) is 1. The zero-order valence-corrected chi connectivity index (χ0v) is 11.5. The van der Waals surface area contributed by atoms with Crippen LogP contribution in [0.25, 0.3) is 0 Å². The lowest BCUT2D eigenvalue weighted by Crippen LogP contribution is -2.27. The van der Waals surface area contributed by atoms with Gasteiger partial charge in [0.05, 0.1) is 5.84 Å². The Labute approximate surface area is 122 Å². The van der Waals surface area contributed by atoms with E-state index in [0.717, 1.165) is 11.8 Å². The normalized spacial score (nSPS) is 10.4. The zero-order valence-electron chi connectivity index (χ0n) is 11.5. The molecule has 0 aliphatic carbocycles. The first-order valence-electron chi connectivity index (χ1n) is 6.63. The number of halogens is 2. The van der Waals surface area contributed by atoms with Crippen molar-refractivity contribution in [2.75, 3.05) is 11.4 Å². The molecule has 3 N–H and O–H groups in total. The SMILES string of the molecule is N=C(N)CCN(Cc1ccc(F)cc1F)c1ccccc1. The third kappa shape index (κ3) is 4.27. The summed E-state index contributed by atoms with van der Waals surface area (Å²) >= 11 is 0. The lowest BCUT2D eigenvalue weighted by Gasteiger charge is -2.25. The average molecular weight is 289 g/mol. The van der Waals surface area contributed by atoms with Gasteiger partial charge in [-0.3, -0.25) is 5.41 Å². The maximum Gasteiger partial charge on any atom is 0.131 e. The van der Waals surface area contributed by atoms with E-state index in [1.807, 2.05) is 35.2 Å². The second kappa shape index (κ2) is 6.83. The Morgan fingerprint density at radius 3 is 2.43 bits per heavy atom. The maximum absolute atomic E-state index is 13.8. The highest BCUT2D eigenvalue weighted by Crippen LogP contribution is 2.19. The molecule has 0 atom stereocenters. The topological polar surface area (TPSA) is 53.1 Å². The Hall–Kier alpha value is -2.43. The van der Waals surface area contributed by atoms with Gasteiger partial charge in [0, 0.05) is 36.8 Å². The van der Waals surface area contributed by atoms with Gasteiger partial charge in [-0.05, 0) is 18.2 Å². The van der Waals surface area contributed by atoms with Crippen LogP contribution in [0.4, 0.5) is 14.5 Å². The third-order valence-electron chi connectivity index (χ3n) is 3.15. The third-order valence-corrected chi connectivity index (χ3v) is 3.15. The highest BCUT2D eigenvalue weighted by Gasteiger charge is 2.11. The molecule has 2 aromatic rings. The Kier molecular flexibility index (Phi) is 4.87. The van der Waals surface area contributed by atoms with Crippen molar-refractivity contribution in [3.8, 4) is 0 Å². The van der Waals surface area contributed by atoms with E-state index in [0.29, 0.717) is 25.1 Å². The molecule has 0 saturated heterocycles. The van der Waals surface area contributed by atoms with Crippen molar-refractivity contribution in [3.05, 3.63) is 65.7 Å². The predicted octanol–water partition coefficient (Wildman–Crippen LogP) is 3.30. The Bertz CT molecular complexity index is 614. The molecule has 2 aromatic carbocycles. The van der Waals surface area contributed by atoms with Crippen molar-refractivity contribution >= 4 is 11.5 Å². The van der Waals surface area contributed by atoms with Gasteiger partial charge >= 0.3 is 0 Å². The molecule has 3 nitrogen and oxygen atoms in total. The van der Waals surface area contributed by atoms with Gasteiger partial charge in [0.2, 0.25) is 0 Å². The highest BCUT2D eigenvalue weighted by molar-refractivity contribution is 5.77. The molecule has 0 aliphatic heterocycles. The van der Waals surface area contributed by atoms with Crippen molar-refractivity contribution < 1.29 is 8.78 Å². The van der Waals surface area contributed by atoms with Crippen LogP contribution in [-0.4, -0.2) is 12.4 Å². The van der Waals surface area contributed by atoms with Crippen LogP contribution < -0.4 is 10.6 Å². The summed E-state index contributed by atoms with van der Waals surface area (Å²) in [6.07, 6.45) is 0.387. The van der Waals surface area contributed by atoms with Crippen LogP contribution in [0.1, 0.15) is 12.0 Å². The molecular formula is C16H17F2N3. The fraction of sp³-hybridized carbons (Fsp3) is 0.188. The fourth-order valence-corrected chi connectivity index (χ4v) is 2.05. The molecule has 110 valence electrons. The number of hydrogen-bond donors (Lipinski definition) is 2. The second-order valence-corrected chi connectivity index (χ2v) is 4.77. The Balaban J connectivity index is 2.21. The van der Waals surface area contributed by atoms with Gasteiger partial charge in [-0.15, -0.1) is 0 Å².